The minimum atomic E-state index is 0.580. The van der Waals surface area contributed by atoms with Crippen molar-refractivity contribution in [1.29, 1.82) is 0 Å². The second-order valence-corrected chi connectivity index (χ2v) is 5.74. The highest BCUT2D eigenvalue weighted by Crippen LogP contribution is 2.32. The van der Waals surface area contributed by atoms with Gasteiger partial charge in [0.2, 0.25) is 0 Å². The number of hydrogen-bond donors (Lipinski definition) is 1. The third kappa shape index (κ3) is 3.91. The molecule has 2 heteroatoms. The number of nitrogens with one attached hydrogen (secondary N) is 1. The van der Waals surface area contributed by atoms with Gasteiger partial charge in [0, 0.05) is 23.4 Å². The smallest absolute Gasteiger partial charge is 0.00916 e. The van der Waals surface area contributed by atoms with Crippen LogP contribution >= 0.6 is 11.3 Å². The van der Waals surface area contributed by atoms with Gasteiger partial charge in [-0.15, -0.1) is 11.3 Å². The standard InChI is InChI=1S/C14H25NS/c1-5-12(6-2)13(10-15-11(3)4)14-8-7-9-16-14/h7-9,11-13,15H,5-6,10H2,1-4H3. The topological polar surface area (TPSA) is 12.0 Å². The van der Waals surface area contributed by atoms with Crippen LogP contribution in [-0.2, 0) is 0 Å². The molecule has 0 amide bonds. The molecule has 0 radical (unpaired) electrons. The molecule has 0 spiro atoms. The van der Waals surface area contributed by atoms with Gasteiger partial charge in [0.05, 0.1) is 0 Å². The van der Waals surface area contributed by atoms with Gasteiger partial charge in [0.15, 0.2) is 0 Å². The Labute approximate surface area is 104 Å². The largest absolute Gasteiger partial charge is 0.314 e. The highest BCUT2D eigenvalue weighted by atomic mass is 32.1. The van der Waals surface area contributed by atoms with Crippen molar-refractivity contribution in [2.24, 2.45) is 5.92 Å². The molecule has 1 rings (SSSR count). The third-order valence-corrected chi connectivity index (χ3v) is 4.28. The fraction of sp³-hybridized carbons (Fsp3) is 0.714. The molecule has 16 heavy (non-hydrogen) atoms. The molecule has 1 unspecified atom stereocenters. The molecular formula is C14H25NS. The number of thiophene rings is 1. The highest BCUT2D eigenvalue weighted by Gasteiger charge is 2.21. The lowest BCUT2D eigenvalue weighted by atomic mass is 9.86. The maximum Gasteiger partial charge on any atom is 0.00916 e. The summed E-state index contributed by atoms with van der Waals surface area (Å²) in [5.41, 5.74) is 0. The molecule has 0 aromatic carbocycles. The Kier molecular flexibility index (Phi) is 6.07. The normalized spacial score (nSPS) is 13.6. The van der Waals surface area contributed by atoms with Crippen LogP contribution in [0.25, 0.3) is 0 Å². The van der Waals surface area contributed by atoms with E-state index in [0.29, 0.717) is 12.0 Å². The minimum Gasteiger partial charge on any atom is -0.314 e. The number of rotatable bonds is 7. The van der Waals surface area contributed by atoms with Gasteiger partial charge in [-0.3, -0.25) is 0 Å². The van der Waals surface area contributed by atoms with Gasteiger partial charge < -0.3 is 5.32 Å². The van der Waals surface area contributed by atoms with Gasteiger partial charge in [0.25, 0.3) is 0 Å². The third-order valence-electron chi connectivity index (χ3n) is 3.27. The summed E-state index contributed by atoms with van der Waals surface area (Å²) in [5.74, 6) is 1.50. The molecule has 1 atom stereocenters. The highest BCUT2D eigenvalue weighted by molar-refractivity contribution is 7.10. The van der Waals surface area contributed by atoms with E-state index in [1.165, 1.54) is 12.8 Å². The van der Waals surface area contributed by atoms with Crippen LogP contribution in [0, 0.1) is 5.92 Å². The number of hydrogen-bond acceptors (Lipinski definition) is 2. The van der Waals surface area contributed by atoms with Crippen LogP contribution < -0.4 is 5.32 Å². The molecule has 0 aliphatic carbocycles. The lowest BCUT2D eigenvalue weighted by Gasteiger charge is -2.25. The SMILES string of the molecule is CCC(CC)C(CNC(C)C)c1cccs1. The fourth-order valence-corrected chi connectivity index (χ4v) is 3.14. The molecule has 0 bridgehead atoms. The lowest BCUT2D eigenvalue weighted by molar-refractivity contribution is 0.374. The van der Waals surface area contributed by atoms with E-state index in [4.69, 9.17) is 0 Å². The van der Waals surface area contributed by atoms with Crippen LogP contribution in [0.1, 0.15) is 51.3 Å². The second kappa shape index (κ2) is 7.08. The average Bonchev–Trinajstić information content (AvgIpc) is 2.77. The van der Waals surface area contributed by atoms with Crippen LogP contribution in [0.4, 0.5) is 0 Å². The molecule has 1 aromatic heterocycles. The maximum atomic E-state index is 3.59. The van der Waals surface area contributed by atoms with Gasteiger partial charge in [0.1, 0.15) is 0 Å². The molecule has 0 saturated carbocycles. The molecule has 0 saturated heterocycles. The summed E-state index contributed by atoms with van der Waals surface area (Å²) in [6, 6.07) is 5.04. The molecule has 1 aromatic rings. The van der Waals surface area contributed by atoms with Crippen molar-refractivity contribution in [1.82, 2.24) is 5.32 Å². The van der Waals surface area contributed by atoms with Crippen LogP contribution in [0.5, 0.6) is 0 Å². The Hall–Kier alpha value is -0.340. The summed E-state index contributed by atoms with van der Waals surface area (Å²) in [6.45, 7) is 10.2. The molecule has 0 aliphatic rings. The van der Waals surface area contributed by atoms with Crippen molar-refractivity contribution in [2.45, 2.75) is 52.5 Å². The minimum absolute atomic E-state index is 0.580. The van der Waals surface area contributed by atoms with Gasteiger partial charge in [-0.2, -0.15) is 0 Å². The zero-order valence-electron chi connectivity index (χ0n) is 11.0. The van der Waals surface area contributed by atoms with E-state index in [0.717, 1.165) is 12.5 Å². The van der Waals surface area contributed by atoms with E-state index in [-0.39, 0.29) is 0 Å². The fourth-order valence-electron chi connectivity index (χ4n) is 2.22. The van der Waals surface area contributed by atoms with E-state index in [1.807, 2.05) is 11.3 Å². The molecule has 92 valence electrons. The first-order valence-corrected chi connectivity index (χ1v) is 7.33. The van der Waals surface area contributed by atoms with E-state index < -0.39 is 0 Å². The zero-order valence-corrected chi connectivity index (χ0v) is 11.8. The summed E-state index contributed by atoms with van der Waals surface area (Å²) in [4.78, 5) is 1.54. The molecular weight excluding hydrogens is 214 g/mol. The Balaban J connectivity index is 2.69. The van der Waals surface area contributed by atoms with E-state index in [9.17, 15) is 0 Å². The monoisotopic (exact) mass is 239 g/mol. The first-order chi connectivity index (χ1) is 7.69. The maximum absolute atomic E-state index is 3.59. The first-order valence-electron chi connectivity index (χ1n) is 6.45. The van der Waals surface area contributed by atoms with Crippen LogP contribution in [-0.4, -0.2) is 12.6 Å². The predicted octanol–water partition coefficient (Wildman–Crippen LogP) is 4.27. The Morgan fingerprint density at radius 2 is 1.94 bits per heavy atom. The van der Waals surface area contributed by atoms with Gasteiger partial charge in [-0.05, 0) is 17.4 Å². The van der Waals surface area contributed by atoms with Crippen LogP contribution in [0.2, 0.25) is 0 Å². The second-order valence-electron chi connectivity index (χ2n) is 4.76. The average molecular weight is 239 g/mol. The summed E-state index contributed by atoms with van der Waals surface area (Å²) < 4.78 is 0. The molecule has 0 aliphatic heterocycles. The van der Waals surface area contributed by atoms with Crippen LogP contribution in [0.3, 0.4) is 0 Å². The molecule has 1 nitrogen and oxygen atoms in total. The predicted molar refractivity (Wildman–Crippen MR) is 74.3 cm³/mol. The molecule has 0 fully saturated rings. The van der Waals surface area contributed by atoms with Crippen molar-refractivity contribution in [2.75, 3.05) is 6.54 Å². The van der Waals surface area contributed by atoms with E-state index in [1.54, 1.807) is 4.88 Å². The Morgan fingerprint density at radius 3 is 2.38 bits per heavy atom. The van der Waals surface area contributed by atoms with Crippen molar-refractivity contribution in [3.8, 4) is 0 Å². The quantitative estimate of drug-likeness (QED) is 0.749. The van der Waals surface area contributed by atoms with Crippen LogP contribution in [0.15, 0.2) is 17.5 Å². The molecule has 1 heterocycles. The van der Waals surface area contributed by atoms with E-state index >= 15 is 0 Å². The Bertz CT molecular complexity index is 262. The van der Waals surface area contributed by atoms with Crippen molar-refractivity contribution in [3.05, 3.63) is 22.4 Å². The molecule has 1 N–H and O–H groups in total. The summed E-state index contributed by atoms with van der Waals surface area (Å²) in [6.07, 6.45) is 2.55. The van der Waals surface area contributed by atoms with Crippen molar-refractivity contribution >= 4 is 11.3 Å². The lowest BCUT2D eigenvalue weighted by Crippen LogP contribution is -2.30. The summed E-state index contributed by atoms with van der Waals surface area (Å²) >= 11 is 1.90. The van der Waals surface area contributed by atoms with Gasteiger partial charge in [-0.1, -0.05) is 46.6 Å². The first kappa shape index (κ1) is 13.7. The summed E-state index contributed by atoms with van der Waals surface area (Å²) in [7, 11) is 0. The van der Waals surface area contributed by atoms with Gasteiger partial charge >= 0.3 is 0 Å². The Morgan fingerprint density at radius 1 is 1.25 bits per heavy atom. The van der Waals surface area contributed by atoms with E-state index in [2.05, 4.69) is 50.5 Å². The van der Waals surface area contributed by atoms with Crippen molar-refractivity contribution < 1.29 is 0 Å². The summed E-state index contributed by atoms with van der Waals surface area (Å²) in [5, 5.41) is 5.78. The zero-order chi connectivity index (χ0) is 12.0. The van der Waals surface area contributed by atoms with Crippen molar-refractivity contribution in [3.63, 3.8) is 0 Å². The van der Waals surface area contributed by atoms with Gasteiger partial charge in [-0.25, -0.2) is 0 Å².